The Morgan fingerprint density at radius 2 is 2.09 bits per heavy atom. The number of hydrogen-bond acceptors (Lipinski definition) is 0. The molecule has 0 aliphatic heterocycles. The van der Waals surface area contributed by atoms with E-state index < -0.39 is 0 Å². The smallest absolute Gasteiger partial charge is 0.00714 e. The van der Waals surface area contributed by atoms with Crippen LogP contribution in [-0.2, 0) is 0 Å². The normalized spacial score (nSPS) is 14.9. The van der Waals surface area contributed by atoms with Gasteiger partial charge in [0.05, 0.1) is 0 Å². The van der Waals surface area contributed by atoms with Crippen molar-refractivity contribution in [2.75, 3.05) is 6.66 Å². The average Bonchev–Trinajstić information content (AvgIpc) is 2.01. The van der Waals surface area contributed by atoms with Crippen molar-refractivity contribution in [3.63, 3.8) is 0 Å². The van der Waals surface area contributed by atoms with Gasteiger partial charge in [-0.25, -0.2) is 0 Å². The van der Waals surface area contributed by atoms with Gasteiger partial charge in [0.2, 0.25) is 0 Å². The van der Waals surface area contributed by atoms with E-state index in [4.69, 9.17) is 0 Å². The molecule has 0 aromatic rings. The highest BCUT2D eigenvalue weighted by molar-refractivity contribution is 7.42. The van der Waals surface area contributed by atoms with Gasteiger partial charge in [-0.1, -0.05) is 33.2 Å². The summed E-state index contributed by atoms with van der Waals surface area (Å²) < 4.78 is 0. The SMILES string of the molecule is C/C=C(/CC(C)=CCC)PC. The highest BCUT2D eigenvalue weighted by Crippen LogP contribution is 2.25. The van der Waals surface area contributed by atoms with Crippen LogP contribution in [0.1, 0.15) is 33.6 Å². The van der Waals surface area contributed by atoms with Crippen LogP contribution < -0.4 is 0 Å². The van der Waals surface area contributed by atoms with Gasteiger partial charge in [0.25, 0.3) is 0 Å². The van der Waals surface area contributed by atoms with Crippen LogP contribution in [0.2, 0.25) is 0 Å². The molecule has 0 radical (unpaired) electrons. The highest BCUT2D eigenvalue weighted by atomic mass is 31.1. The third kappa shape index (κ3) is 5.21. The standard InChI is InChI=1S/C10H19P/c1-5-7-9(3)8-10(6-2)11-4/h6-7,11H,5,8H2,1-4H3/b9-7?,10-6-. The summed E-state index contributed by atoms with van der Waals surface area (Å²) in [6.07, 6.45) is 6.89. The molecule has 1 heteroatoms. The minimum atomic E-state index is 0.966. The van der Waals surface area contributed by atoms with Crippen LogP contribution in [-0.4, -0.2) is 6.66 Å². The zero-order valence-corrected chi connectivity index (χ0v) is 9.07. The lowest BCUT2D eigenvalue weighted by Crippen LogP contribution is -1.78. The first kappa shape index (κ1) is 10.9. The Hall–Kier alpha value is -0.0900. The van der Waals surface area contributed by atoms with Gasteiger partial charge in [0, 0.05) is 0 Å². The molecule has 1 unspecified atom stereocenters. The summed E-state index contributed by atoms with van der Waals surface area (Å²) in [6.45, 7) is 8.78. The molecule has 0 spiro atoms. The first-order chi connectivity index (χ1) is 5.24. The van der Waals surface area contributed by atoms with Gasteiger partial charge in [-0.05, 0) is 38.7 Å². The molecule has 0 aliphatic rings. The Labute approximate surface area is 72.6 Å². The summed E-state index contributed by atoms with van der Waals surface area (Å²) in [7, 11) is 0.966. The third-order valence-electron chi connectivity index (χ3n) is 1.69. The second-order valence-electron chi connectivity index (χ2n) is 2.70. The summed E-state index contributed by atoms with van der Waals surface area (Å²) in [5.41, 5.74) is 1.51. The Bertz CT molecular complexity index is 154. The summed E-state index contributed by atoms with van der Waals surface area (Å²) in [5.74, 6) is 0. The fourth-order valence-corrected chi connectivity index (χ4v) is 1.80. The van der Waals surface area contributed by atoms with E-state index in [9.17, 15) is 0 Å². The molecule has 0 aromatic heterocycles. The van der Waals surface area contributed by atoms with Gasteiger partial charge in [0.15, 0.2) is 0 Å². The van der Waals surface area contributed by atoms with Crippen LogP contribution in [0.4, 0.5) is 0 Å². The van der Waals surface area contributed by atoms with Gasteiger partial charge in [0.1, 0.15) is 0 Å². The van der Waals surface area contributed by atoms with E-state index in [1.807, 2.05) is 0 Å². The van der Waals surface area contributed by atoms with Crippen LogP contribution in [0.3, 0.4) is 0 Å². The molecule has 0 bridgehead atoms. The zero-order valence-electron chi connectivity index (χ0n) is 8.07. The lowest BCUT2D eigenvalue weighted by Gasteiger charge is -2.03. The maximum Gasteiger partial charge on any atom is -0.00714 e. The first-order valence-electron chi connectivity index (χ1n) is 4.23. The van der Waals surface area contributed by atoms with E-state index in [-0.39, 0.29) is 0 Å². The van der Waals surface area contributed by atoms with Crippen LogP contribution in [0.5, 0.6) is 0 Å². The fourth-order valence-electron chi connectivity index (χ4n) is 1.06. The molecule has 0 aliphatic carbocycles. The fraction of sp³-hybridized carbons (Fsp3) is 0.600. The Morgan fingerprint density at radius 1 is 1.45 bits per heavy atom. The van der Waals surface area contributed by atoms with Crippen molar-refractivity contribution in [3.05, 3.63) is 23.0 Å². The van der Waals surface area contributed by atoms with E-state index in [1.165, 1.54) is 12.0 Å². The van der Waals surface area contributed by atoms with Crippen LogP contribution >= 0.6 is 8.58 Å². The second kappa shape index (κ2) is 6.61. The van der Waals surface area contributed by atoms with Crippen molar-refractivity contribution in [2.45, 2.75) is 33.6 Å². The van der Waals surface area contributed by atoms with Crippen molar-refractivity contribution < 1.29 is 0 Å². The predicted molar refractivity (Wildman–Crippen MR) is 56.7 cm³/mol. The molecule has 0 amide bonds. The molecule has 1 atom stereocenters. The van der Waals surface area contributed by atoms with Gasteiger partial charge < -0.3 is 0 Å². The maximum atomic E-state index is 2.31. The molecule has 0 N–H and O–H groups in total. The van der Waals surface area contributed by atoms with E-state index >= 15 is 0 Å². The van der Waals surface area contributed by atoms with Crippen LogP contribution in [0.25, 0.3) is 0 Å². The maximum absolute atomic E-state index is 2.31. The molecule has 0 saturated carbocycles. The van der Waals surface area contributed by atoms with Crippen LogP contribution in [0.15, 0.2) is 23.0 Å². The molecule has 0 aromatic carbocycles. The Balaban J connectivity index is 3.92. The van der Waals surface area contributed by atoms with E-state index in [2.05, 4.69) is 39.6 Å². The van der Waals surface area contributed by atoms with E-state index in [0.717, 1.165) is 15.0 Å². The minimum Gasteiger partial charge on any atom is -0.0981 e. The molecule has 0 saturated heterocycles. The first-order valence-corrected chi connectivity index (χ1v) is 5.73. The number of allylic oxidation sites excluding steroid dienone is 4. The Kier molecular flexibility index (Phi) is 6.56. The molecule has 0 nitrogen and oxygen atoms in total. The monoisotopic (exact) mass is 170 g/mol. The quantitative estimate of drug-likeness (QED) is 0.442. The lowest BCUT2D eigenvalue weighted by molar-refractivity contribution is 1.11. The molecule has 64 valence electrons. The van der Waals surface area contributed by atoms with Crippen LogP contribution in [0, 0.1) is 0 Å². The Morgan fingerprint density at radius 3 is 2.45 bits per heavy atom. The molecular formula is C10H19P. The topological polar surface area (TPSA) is 0 Å². The van der Waals surface area contributed by atoms with Crippen molar-refractivity contribution >= 4 is 8.58 Å². The van der Waals surface area contributed by atoms with Crippen molar-refractivity contribution in [2.24, 2.45) is 0 Å². The van der Waals surface area contributed by atoms with Gasteiger partial charge in [-0.3, -0.25) is 0 Å². The molecule has 0 rings (SSSR count). The molecule has 11 heavy (non-hydrogen) atoms. The predicted octanol–water partition coefficient (Wildman–Crippen LogP) is 3.94. The second-order valence-corrected chi connectivity index (χ2v) is 3.84. The number of hydrogen-bond donors (Lipinski definition) is 0. The zero-order chi connectivity index (χ0) is 8.69. The average molecular weight is 170 g/mol. The summed E-state index contributed by atoms with van der Waals surface area (Å²) in [6, 6.07) is 0. The lowest BCUT2D eigenvalue weighted by atomic mass is 10.2. The third-order valence-corrected chi connectivity index (χ3v) is 2.80. The summed E-state index contributed by atoms with van der Waals surface area (Å²) in [5, 5.41) is 1.58. The molecule has 0 heterocycles. The minimum absolute atomic E-state index is 0.966. The number of rotatable bonds is 4. The van der Waals surface area contributed by atoms with Crippen molar-refractivity contribution in [1.82, 2.24) is 0 Å². The largest absolute Gasteiger partial charge is 0.0981 e. The molecular weight excluding hydrogens is 151 g/mol. The van der Waals surface area contributed by atoms with Gasteiger partial charge >= 0.3 is 0 Å². The molecule has 0 fully saturated rings. The van der Waals surface area contributed by atoms with Gasteiger partial charge in [-0.2, -0.15) is 0 Å². The summed E-state index contributed by atoms with van der Waals surface area (Å²) >= 11 is 0. The van der Waals surface area contributed by atoms with Crippen molar-refractivity contribution in [1.29, 1.82) is 0 Å². The summed E-state index contributed by atoms with van der Waals surface area (Å²) in [4.78, 5) is 0. The van der Waals surface area contributed by atoms with E-state index in [1.54, 1.807) is 5.31 Å². The van der Waals surface area contributed by atoms with Crippen molar-refractivity contribution in [3.8, 4) is 0 Å². The highest BCUT2D eigenvalue weighted by Gasteiger charge is 1.93. The van der Waals surface area contributed by atoms with E-state index in [0.29, 0.717) is 0 Å². The van der Waals surface area contributed by atoms with Gasteiger partial charge in [-0.15, -0.1) is 0 Å².